The molecule has 0 aromatic heterocycles. The van der Waals surface area contributed by atoms with Gasteiger partial charge in [-0.05, 0) is 0 Å². The van der Waals surface area contributed by atoms with E-state index in [2.05, 4.69) is 10.5 Å². The van der Waals surface area contributed by atoms with Crippen molar-refractivity contribution >= 4 is 35.4 Å². The van der Waals surface area contributed by atoms with Gasteiger partial charge in [0.1, 0.15) is 0 Å². The van der Waals surface area contributed by atoms with Crippen molar-refractivity contribution in [3.8, 4) is 10.5 Å². The van der Waals surface area contributed by atoms with E-state index in [0.717, 1.165) is 5.09 Å². The molecule has 0 fully saturated rings. The molecule has 0 unspecified atom stereocenters. The van der Waals surface area contributed by atoms with E-state index in [1.807, 2.05) is 35.4 Å². The van der Waals surface area contributed by atoms with Crippen LogP contribution in [-0.4, -0.2) is 35.4 Å². The molecule has 0 radical (unpaired) electrons. The van der Waals surface area contributed by atoms with E-state index >= 15 is 0 Å². The zero-order chi connectivity index (χ0) is 4.12. The summed E-state index contributed by atoms with van der Waals surface area (Å²) in [5, 5.41) is 0.983. The van der Waals surface area contributed by atoms with Crippen LogP contribution in [0.5, 0.6) is 0 Å². The van der Waals surface area contributed by atoms with Crippen LogP contribution in [0.1, 0.15) is 0 Å². The van der Waals surface area contributed by atoms with Crippen molar-refractivity contribution in [2.75, 3.05) is 0 Å². The third-order valence-corrected chi connectivity index (χ3v) is 0.354. The molecule has 0 heterocycles. The maximum absolute atomic E-state index is 2.86. The van der Waals surface area contributed by atoms with Crippen LogP contribution in [-0.2, 0) is 0 Å². The zero-order valence-corrected chi connectivity index (χ0v) is 3.71. The summed E-state index contributed by atoms with van der Waals surface area (Å²) in [5.74, 6) is 2.86. The van der Waals surface area contributed by atoms with Gasteiger partial charge in [0.2, 0.25) is 0 Å². The van der Waals surface area contributed by atoms with Crippen LogP contribution in [0.4, 0.5) is 0 Å². The standard InChI is InChI=1S/C3H2.2Li/c1-3-2;;/h1H2;;. The molecule has 0 rings (SSSR count). The Hall–Kier alpha value is 0.755. The molecule has 0 atom stereocenters. The van der Waals surface area contributed by atoms with Gasteiger partial charge in [0.25, 0.3) is 0 Å². The van der Waals surface area contributed by atoms with Crippen LogP contribution in [0.15, 0.2) is 0 Å². The van der Waals surface area contributed by atoms with Crippen molar-refractivity contribution in [2.24, 2.45) is 0 Å². The number of hydrogen-bond donors (Lipinski definition) is 0. The van der Waals surface area contributed by atoms with Crippen molar-refractivity contribution in [3.63, 3.8) is 0 Å². The summed E-state index contributed by atoms with van der Waals surface area (Å²) in [7, 11) is 0. The van der Waals surface area contributed by atoms with Crippen LogP contribution in [0.25, 0.3) is 0 Å². The summed E-state index contributed by atoms with van der Waals surface area (Å²) in [5.41, 5.74) is 0. The molecule has 0 N–H and O–H groups in total. The van der Waals surface area contributed by atoms with Gasteiger partial charge in [-0.2, -0.15) is 0 Å². The van der Waals surface area contributed by atoms with Gasteiger partial charge in [0.05, 0.1) is 0 Å². The number of rotatable bonds is 0. The molecule has 0 aliphatic rings. The Balaban J connectivity index is 2.81. The van der Waals surface area contributed by atoms with Gasteiger partial charge in [0, 0.05) is 0 Å². The van der Waals surface area contributed by atoms with Crippen molar-refractivity contribution in [1.82, 2.24) is 0 Å². The van der Waals surface area contributed by atoms with E-state index in [4.69, 9.17) is 0 Å². The van der Waals surface area contributed by atoms with Crippen molar-refractivity contribution in [2.45, 2.75) is 5.09 Å². The molecule has 5 heavy (non-hydrogen) atoms. The molecule has 0 aliphatic carbocycles. The molecule has 0 spiro atoms. The minimum absolute atomic E-state index is 0.983. The molecule has 2 heteroatoms. The molecule has 0 aromatic rings. The van der Waals surface area contributed by atoms with E-state index in [-0.39, 0.29) is 0 Å². The monoisotopic (exact) mass is 52.0 g/mol. The minimum atomic E-state index is 0.983. The summed E-state index contributed by atoms with van der Waals surface area (Å²) >= 11 is 3.89. The summed E-state index contributed by atoms with van der Waals surface area (Å²) in [4.78, 5) is 0. The third-order valence-electron chi connectivity index (χ3n) is 0.354. The molecular formula is C3H2Li2. The molecule has 0 aromatic carbocycles. The summed E-state index contributed by atoms with van der Waals surface area (Å²) in [6.45, 7) is 0. The van der Waals surface area contributed by atoms with Crippen LogP contribution >= 0.6 is 0 Å². The van der Waals surface area contributed by atoms with Gasteiger partial charge in [-0.25, -0.2) is 0 Å². The van der Waals surface area contributed by atoms with Crippen LogP contribution in [0.2, 0.25) is 5.09 Å². The Bertz CT molecular complexity index is 57.0. The number of hydrogen-bond acceptors (Lipinski definition) is 0. The molecule has 16 valence electrons. The Morgan fingerprint density at radius 1 is 1.60 bits per heavy atom. The van der Waals surface area contributed by atoms with Gasteiger partial charge >= 0.3 is 51.0 Å². The van der Waals surface area contributed by atoms with E-state index in [9.17, 15) is 0 Å². The first-order valence-electron chi connectivity index (χ1n) is 1.81. The first-order valence-corrected chi connectivity index (χ1v) is 1.81. The topological polar surface area (TPSA) is 0 Å². The molecule has 0 saturated heterocycles. The second-order valence-electron chi connectivity index (χ2n) is 0.780. The fourth-order valence-electron chi connectivity index (χ4n) is 0.177. The van der Waals surface area contributed by atoms with Gasteiger partial charge in [-0.15, -0.1) is 0 Å². The molecule has 0 bridgehead atoms. The summed E-state index contributed by atoms with van der Waals surface area (Å²) < 4.78 is 2.77. The average molecular weight is 51.9 g/mol. The van der Waals surface area contributed by atoms with Crippen LogP contribution < -0.4 is 0 Å². The molecule has 0 amide bonds. The molecule has 0 saturated carbocycles. The average Bonchev–Trinajstić information content (AvgIpc) is 1.41. The Morgan fingerprint density at radius 2 is 2.20 bits per heavy atom. The fourth-order valence-corrected chi connectivity index (χ4v) is 0.177. The van der Waals surface area contributed by atoms with E-state index in [1.54, 1.807) is 0 Å². The quantitative estimate of drug-likeness (QED) is 0.262. The van der Waals surface area contributed by atoms with Gasteiger partial charge < -0.3 is 0 Å². The Kier molecular flexibility index (Phi) is 5.47. The first-order chi connectivity index (χ1) is 2.41. The fraction of sp³-hybridized carbons (Fsp3) is 0.333. The summed E-state index contributed by atoms with van der Waals surface area (Å²) in [6, 6.07) is 0. The molecule has 0 nitrogen and oxygen atoms in total. The predicted octanol–water partition coefficient (Wildman–Crippen LogP) is -0.297. The SMILES string of the molecule is [Li][C]#C[CH2][Li]. The second kappa shape index (κ2) is 4.75. The first kappa shape index (κ1) is 5.75. The van der Waals surface area contributed by atoms with E-state index in [0.29, 0.717) is 0 Å². The van der Waals surface area contributed by atoms with E-state index < -0.39 is 0 Å². The second-order valence-corrected chi connectivity index (χ2v) is 0.780. The van der Waals surface area contributed by atoms with E-state index in [1.165, 1.54) is 0 Å². The van der Waals surface area contributed by atoms with Crippen molar-refractivity contribution in [1.29, 1.82) is 0 Å². The van der Waals surface area contributed by atoms with Gasteiger partial charge in [0.15, 0.2) is 0 Å². The van der Waals surface area contributed by atoms with Crippen LogP contribution in [0.3, 0.4) is 0 Å². The predicted molar refractivity (Wildman–Crippen MR) is 24.1 cm³/mol. The Morgan fingerprint density at radius 3 is 2.20 bits per heavy atom. The third kappa shape index (κ3) is 4.75. The molecule has 0 aliphatic heterocycles. The van der Waals surface area contributed by atoms with Gasteiger partial charge in [-0.1, -0.05) is 0 Å². The zero-order valence-electron chi connectivity index (χ0n) is 3.71. The van der Waals surface area contributed by atoms with Gasteiger partial charge in [-0.3, -0.25) is 0 Å². The normalized spacial score (nSPS) is 5.60. The molecular weight excluding hydrogens is 49.9 g/mol. The summed E-state index contributed by atoms with van der Waals surface area (Å²) in [6.07, 6.45) is 0. The maximum atomic E-state index is 2.86. The van der Waals surface area contributed by atoms with Crippen molar-refractivity contribution in [3.05, 3.63) is 0 Å². The Labute approximate surface area is 51.1 Å². The van der Waals surface area contributed by atoms with Crippen LogP contribution in [0, 0.1) is 10.5 Å². The van der Waals surface area contributed by atoms with Crippen molar-refractivity contribution < 1.29 is 0 Å².